The van der Waals surface area contributed by atoms with E-state index in [-0.39, 0.29) is 17.9 Å². The average Bonchev–Trinajstić information content (AvgIpc) is 2.76. The van der Waals surface area contributed by atoms with Crippen molar-refractivity contribution < 1.29 is 9.59 Å². The predicted molar refractivity (Wildman–Crippen MR) is 77.5 cm³/mol. The highest BCUT2D eigenvalue weighted by Crippen LogP contribution is 2.27. The maximum absolute atomic E-state index is 12.6. The van der Waals surface area contributed by atoms with Crippen molar-refractivity contribution in [2.24, 2.45) is 0 Å². The van der Waals surface area contributed by atoms with E-state index in [9.17, 15) is 9.59 Å². The largest absolute Gasteiger partial charge is 0.292 e. The van der Waals surface area contributed by atoms with E-state index in [0.29, 0.717) is 12.1 Å². The molecule has 0 aromatic heterocycles. The van der Waals surface area contributed by atoms with Gasteiger partial charge in [0.25, 0.3) is 5.91 Å². The first-order valence-electron chi connectivity index (χ1n) is 7.34. The maximum atomic E-state index is 12.6. The molecule has 0 N–H and O–H groups in total. The number of piperidine rings is 1. The van der Waals surface area contributed by atoms with E-state index in [2.05, 4.69) is 4.90 Å². The number of imide groups is 1. The van der Waals surface area contributed by atoms with Crippen LogP contribution in [0.4, 0.5) is 5.69 Å². The molecule has 4 heteroatoms. The maximum Gasteiger partial charge on any atom is 0.251 e. The van der Waals surface area contributed by atoms with Crippen molar-refractivity contribution in [3.63, 3.8) is 0 Å². The van der Waals surface area contributed by atoms with Crippen molar-refractivity contribution in [1.82, 2.24) is 4.90 Å². The number of rotatable bonds is 2. The highest BCUT2D eigenvalue weighted by Gasteiger charge is 2.42. The molecule has 0 saturated carbocycles. The number of carbonyl (C=O) groups is 2. The first-order valence-corrected chi connectivity index (χ1v) is 7.34. The van der Waals surface area contributed by atoms with Gasteiger partial charge in [-0.3, -0.25) is 14.5 Å². The second-order valence-corrected chi connectivity index (χ2v) is 5.72. The third-order valence-electron chi connectivity index (χ3n) is 4.25. The van der Waals surface area contributed by atoms with Crippen LogP contribution in [-0.4, -0.2) is 35.8 Å². The highest BCUT2D eigenvalue weighted by atomic mass is 16.2. The molecule has 4 nitrogen and oxygen atoms in total. The molecular weight excluding hydrogens is 252 g/mol. The van der Waals surface area contributed by atoms with Crippen LogP contribution in [0.5, 0.6) is 0 Å². The number of aryl methyl sites for hydroxylation is 1. The lowest BCUT2D eigenvalue weighted by atomic mass is 10.1. The molecule has 2 saturated heterocycles. The van der Waals surface area contributed by atoms with Crippen molar-refractivity contribution in [1.29, 1.82) is 0 Å². The molecule has 0 radical (unpaired) electrons. The summed E-state index contributed by atoms with van der Waals surface area (Å²) in [6.07, 6.45) is 3.81. The molecule has 2 aliphatic heterocycles. The number of anilines is 1. The minimum absolute atomic E-state index is 0.0549. The minimum atomic E-state index is -0.246. The van der Waals surface area contributed by atoms with Gasteiger partial charge in [0.15, 0.2) is 0 Å². The normalized spacial score (nSPS) is 24.4. The molecular formula is C16H20N2O2. The Morgan fingerprint density at radius 1 is 1.00 bits per heavy atom. The summed E-state index contributed by atoms with van der Waals surface area (Å²) in [6, 6.07) is 7.32. The van der Waals surface area contributed by atoms with E-state index in [1.165, 1.54) is 11.3 Å². The summed E-state index contributed by atoms with van der Waals surface area (Å²) < 4.78 is 0. The van der Waals surface area contributed by atoms with Crippen LogP contribution in [0.25, 0.3) is 0 Å². The zero-order chi connectivity index (χ0) is 14.1. The Morgan fingerprint density at radius 2 is 1.65 bits per heavy atom. The minimum Gasteiger partial charge on any atom is -0.292 e. The SMILES string of the molecule is Cc1ccc(N2C(=O)C[C@H](N3CCCCC3)C2=O)cc1. The Kier molecular flexibility index (Phi) is 3.57. The van der Waals surface area contributed by atoms with E-state index in [0.717, 1.165) is 31.5 Å². The van der Waals surface area contributed by atoms with Gasteiger partial charge in [0.1, 0.15) is 0 Å². The van der Waals surface area contributed by atoms with Gasteiger partial charge in [-0.1, -0.05) is 24.1 Å². The van der Waals surface area contributed by atoms with E-state index < -0.39 is 0 Å². The molecule has 2 amide bonds. The second-order valence-electron chi connectivity index (χ2n) is 5.72. The number of hydrogen-bond donors (Lipinski definition) is 0. The Hall–Kier alpha value is -1.68. The van der Waals surface area contributed by atoms with Gasteiger partial charge in [-0.2, -0.15) is 0 Å². The lowest BCUT2D eigenvalue weighted by Gasteiger charge is -2.30. The number of amides is 2. The van der Waals surface area contributed by atoms with E-state index in [1.807, 2.05) is 31.2 Å². The van der Waals surface area contributed by atoms with Gasteiger partial charge in [0, 0.05) is 0 Å². The molecule has 0 aliphatic carbocycles. The van der Waals surface area contributed by atoms with Gasteiger partial charge in [0.2, 0.25) is 5.91 Å². The number of carbonyl (C=O) groups excluding carboxylic acids is 2. The van der Waals surface area contributed by atoms with E-state index >= 15 is 0 Å². The van der Waals surface area contributed by atoms with Crippen molar-refractivity contribution in [3.05, 3.63) is 29.8 Å². The smallest absolute Gasteiger partial charge is 0.251 e. The number of nitrogens with zero attached hydrogens (tertiary/aromatic N) is 2. The van der Waals surface area contributed by atoms with Gasteiger partial charge in [-0.25, -0.2) is 4.90 Å². The Morgan fingerprint density at radius 3 is 2.30 bits per heavy atom. The fraction of sp³-hybridized carbons (Fsp3) is 0.500. The van der Waals surface area contributed by atoms with Crippen LogP contribution >= 0.6 is 0 Å². The van der Waals surface area contributed by atoms with Crippen molar-refractivity contribution >= 4 is 17.5 Å². The van der Waals surface area contributed by atoms with Crippen LogP contribution < -0.4 is 4.90 Å². The van der Waals surface area contributed by atoms with Crippen LogP contribution in [0.2, 0.25) is 0 Å². The molecule has 2 heterocycles. The zero-order valence-corrected chi connectivity index (χ0v) is 11.8. The summed E-state index contributed by atoms with van der Waals surface area (Å²) in [5, 5.41) is 0. The van der Waals surface area contributed by atoms with Gasteiger partial charge in [-0.05, 0) is 45.0 Å². The van der Waals surface area contributed by atoms with Gasteiger partial charge >= 0.3 is 0 Å². The fourth-order valence-corrected chi connectivity index (χ4v) is 3.10. The van der Waals surface area contributed by atoms with Crippen LogP contribution in [-0.2, 0) is 9.59 Å². The van der Waals surface area contributed by atoms with E-state index in [4.69, 9.17) is 0 Å². The lowest BCUT2D eigenvalue weighted by Crippen LogP contribution is -2.44. The summed E-state index contributed by atoms with van der Waals surface area (Å²) in [5.41, 5.74) is 1.82. The topological polar surface area (TPSA) is 40.6 Å². The molecule has 1 atom stereocenters. The van der Waals surface area contributed by atoms with Crippen molar-refractivity contribution in [3.8, 4) is 0 Å². The van der Waals surface area contributed by atoms with Crippen LogP contribution in [0, 0.1) is 6.92 Å². The fourth-order valence-electron chi connectivity index (χ4n) is 3.10. The summed E-state index contributed by atoms with van der Waals surface area (Å²) >= 11 is 0. The molecule has 106 valence electrons. The average molecular weight is 272 g/mol. The quantitative estimate of drug-likeness (QED) is 0.774. The molecule has 2 aliphatic rings. The van der Waals surface area contributed by atoms with E-state index in [1.54, 1.807) is 0 Å². The first kappa shape index (κ1) is 13.3. The Balaban J connectivity index is 1.81. The van der Waals surface area contributed by atoms with Crippen LogP contribution in [0.1, 0.15) is 31.2 Å². The zero-order valence-electron chi connectivity index (χ0n) is 11.8. The highest BCUT2D eigenvalue weighted by molar-refractivity contribution is 6.22. The molecule has 0 spiro atoms. The van der Waals surface area contributed by atoms with Crippen LogP contribution in [0.15, 0.2) is 24.3 Å². The molecule has 1 aromatic rings. The number of hydrogen-bond acceptors (Lipinski definition) is 3. The summed E-state index contributed by atoms with van der Waals surface area (Å²) in [5.74, 6) is -0.129. The molecule has 3 rings (SSSR count). The monoisotopic (exact) mass is 272 g/mol. The molecule has 1 aromatic carbocycles. The molecule has 20 heavy (non-hydrogen) atoms. The molecule has 0 bridgehead atoms. The van der Waals surface area contributed by atoms with Crippen LogP contribution in [0.3, 0.4) is 0 Å². The second kappa shape index (κ2) is 5.37. The van der Waals surface area contributed by atoms with Gasteiger partial charge in [-0.15, -0.1) is 0 Å². The van der Waals surface area contributed by atoms with Gasteiger partial charge in [0.05, 0.1) is 18.2 Å². The number of likely N-dealkylation sites (tertiary alicyclic amines) is 1. The van der Waals surface area contributed by atoms with Crippen molar-refractivity contribution in [2.45, 2.75) is 38.6 Å². The third kappa shape index (κ3) is 2.36. The Labute approximate surface area is 119 Å². The molecule has 2 fully saturated rings. The lowest BCUT2D eigenvalue weighted by molar-refractivity contribution is -0.123. The first-order chi connectivity index (χ1) is 9.66. The summed E-state index contributed by atoms with van der Waals surface area (Å²) in [4.78, 5) is 28.3. The van der Waals surface area contributed by atoms with Gasteiger partial charge < -0.3 is 0 Å². The standard InChI is InChI=1S/C16H20N2O2/c1-12-5-7-13(8-6-12)18-15(19)11-14(16(18)20)17-9-3-2-4-10-17/h5-8,14H,2-4,9-11H2,1H3/t14-/m0/s1. The molecule has 0 unspecified atom stereocenters. The predicted octanol–water partition coefficient (Wildman–Crippen LogP) is 2.11. The third-order valence-corrected chi connectivity index (χ3v) is 4.25. The summed E-state index contributed by atoms with van der Waals surface area (Å²) in [6.45, 7) is 3.87. The Bertz CT molecular complexity index is 518. The summed E-state index contributed by atoms with van der Waals surface area (Å²) in [7, 11) is 0. The number of benzene rings is 1. The van der Waals surface area contributed by atoms with Crippen molar-refractivity contribution in [2.75, 3.05) is 18.0 Å².